The Morgan fingerprint density at radius 3 is 1.44 bits per heavy atom. The monoisotopic (exact) mass is 864 g/mol. The Morgan fingerprint density at radius 2 is 0.984 bits per heavy atom. The van der Waals surface area contributed by atoms with E-state index in [2.05, 4.69) is 31.9 Å². The number of benzene rings is 1. The van der Waals surface area contributed by atoms with Gasteiger partial charge in [-0.1, -0.05) is 58.0 Å². The number of nitrogens with one attached hydrogen (secondary N) is 6. The number of rotatable bonds is 28. The summed E-state index contributed by atoms with van der Waals surface area (Å²) in [4.78, 5) is 138. The van der Waals surface area contributed by atoms with Gasteiger partial charge in [0.05, 0.1) is 18.9 Å². The van der Waals surface area contributed by atoms with Gasteiger partial charge in [0.2, 0.25) is 41.4 Å². The van der Waals surface area contributed by atoms with E-state index in [0.29, 0.717) is 5.56 Å². The number of aliphatic carboxylic acids is 4. The van der Waals surface area contributed by atoms with Crippen LogP contribution in [0.4, 0.5) is 0 Å². The van der Waals surface area contributed by atoms with Crippen LogP contribution in [-0.2, 0) is 59.2 Å². The number of carboxylic acids is 4. The van der Waals surface area contributed by atoms with E-state index >= 15 is 0 Å². The highest BCUT2D eigenvalue weighted by Gasteiger charge is 2.35. The van der Waals surface area contributed by atoms with E-state index in [4.69, 9.17) is 11.5 Å². The number of amides is 7. The minimum atomic E-state index is -1.90. The van der Waals surface area contributed by atoms with Gasteiger partial charge in [-0.05, 0) is 36.7 Å². The maximum Gasteiger partial charge on any atom is 0.326 e. The molecule has 7 atom stereocenters. The fourth-order valence-corrected chi connectivity index (χ4v) is 5.63. The Kier molecular flexibility index (Phi) is 22.1. The van der Waals surface area contributed by atoms with Crippen LogP contribution < -0.4 is 43.4 Å². The predicted octanol–water partition coefficient (Wildman–Crippen LogP) is -2.67. The summed E-state index contributed by atoms with van der Waals surface area (Å²) in [6.07, 6.45) is -4.13. The van der Waals surface area contributed by atoms with E-state index in [1.54, 1.807) is 44.2 Å². The first-order valence-electron chi connectivity index (χ1n) is 19.2. The minimum absolute atomic E-state index is 0.00674. The lowest BCUT2D eigenvalue weighted by Crippen LogP contribution is -2.60. The molecule has 61 heavy (non-hydrogen) atoms. The predicted molar refractivity (Wildman–Crippen MR) is 211 cm³/mol. The van der Waals surface area contributed by atoms with Crippen LogP contribution in [0.15, 0.2) is 30.3 Å². The number of hydrogen-bond acceptors (Lipinski definition) is 12. The number of carbonyl (C=O) groups excluding carboxylic acids is 7. The lowest BCUT2D eigenvalue weighted by atomic mass is 10.0. The van der Waals surface area contributed by atoms with Gasteiger partial charge in [-0.25, -0.2) is 4.79 Å². The summed E-state index contributed by atoms with van der Waals surface area (Å²) in [5.74, 6) is -14.3. The molecule has 0 bridgehead atoms. The van der Waals surface area contributed by atoms with Gasteiger partial charge in [0, 0.05) is 19.3 Å². The third-order valence-corrected chi connectivity index (χ3v) is 8.83. The molecule has 23 heteroatoms. The van der Waals surface area contributed by atoms with Crippen LogP contribution in [-0.4, -0.2) is 128 Å². The number of carboxylic acid groups (broad SMARTS) is 4. The number of carbonyl (C=O) groups is 11. The van der Waals surface area contributed by atoms with E-state index in [9.17, 15) is 73.2 Å². The summed E-state index contributed by atoms with van der Waals surface area (Å²) < 4.78 is 0. The molecule has 14 N–H and O–H groups in total. The van der Waals surface area contributed by atoms with E-state index in [0.717, 1.165) is 0 Å². The van der Waals surface area contributed by atoms with Crippen molar-refractivity contribution in [2.24, 2.45) is 23.3 Å². The van der Waals surface area contributed by atoms with Gasteiger partial charge in [-0.3, -0.25) is 47.9 Å². The van der Waals surface area contributed by atoms with Crippen molar-refractivity contribution < 1.29 is 73.2 Å². The summed E-state index contributed by atoms with van der Waals surface area (Å²) in [6, 6.07) is -3.37. The second kappa shape index (κ2) is 25.8. The van der Waals surface area contributed by atoms with Crippen LogP contribution in [0, 0.1) is 11.8 Å². The summed E-state index contributed by atoms with van der Waals surface area (Å²) in [5, 5.41) is 51.6. The second-order valence-electron chi connectivity index (χ2n) is 14.9. The zero-order chi connectivity index (χ0) is 46.6. The molecule has 23 nitrogen and oxygen atoms in total. The summed E-state index contributed by atoms with van der Waals surface area (Å²) in [5.41, 5.74) is 11.4. The van der Waals surface area contributed by atoms with Gasteiger partial charge in [0.15, 0.2) is 0 Å². The fraction of sp³-hybridized carbons (Fsp3) is 0.553. The van der Waals surface area contributed by atoms with E-state index in [-0.39, 0.29) is 31.6 Å². The molecule has 0 aliphatic carbocycles. The lowest BCUT2D eigenvalue weighted by molar-refractivity contribution is -0.145. The van der Waals surface area contributed by atoms with Crippen molar-refractivity contribution in [3.63, 3.8) is 0 Å². The third-order valence-electron chi connectivity index (χ3n) is 8.83. The SMILES string of the molecule is CC(C)C[C@H](NC(=O)[C@@H](N)CCC(N)=O)C(=O)N[C@@H](CC(=O)O)C(=O)N[C@@H](Cc1ccccc1)C(=O)N[C@@H](CCC(=O)O)C(=O)N[C@@H](CC(=O)O)C(=O)N[C@H](C(=O)O)C(C)C. The first kappa shape index (κ1) is 52.4. The van der Waals surface area contributed by atoms with Gasteiger partial charge < -0.3 is 63.8 Å². The third kappa shape index (κ3) is 20.2. The molecule has 0 radical (unpaired) electrons. The van der Waals surface area contributed by atoms with E-state index in [1.807, 2.05) is 0 Å². The lowest BCUT2D eigenvalue weighted by Gasteiger charge is -2.27. The Bertz CT molecular complexity index is 1760. The molecule has 1 rings (SSSR count). The Labute approximate surface area is 350 Å². The van der Waals surface area contributed by atoms with Gasteiger partial charge >= 0.3 is 23.9 Å². The topological polar surface area (TPSA) is 393 Å². The molecular formula is C38H56N8O15. The number of hydrogen-bond donors (Lipinski definition) is 12. The van der Waals surface area contributed by atoms with Gasteiger partial charge in [-0.15, -0.1) is 0 Å². The highest BCUT2D eigenvalue weighted by atomic mass is 16.4. The molecule has 0 spiro atoms. The van der Waals surface area contributed by atoms with Gasteiger partial charge in [0.25, 0.3) is 0 Å². The fourth-order valence-electron chi connectivity index (χ4n) is 5.63. The van der Waals surface area contributed by atoms with Crippen molar-refractivity contribution in [2.75, 3.05) is 0 Å². The molecule has 0 fully saturated rings. The maximum absolute atomic E-state index is 13.9. The molecule has 1 aromatic carbocycles. The standard InChI is InChI=1S/C38H56N8O15/c1-18(2)14-23(42-32(54)21(39)10-12-27(40)47)34(56)45-25(16-29(50)51)36(58)43-24(15-20-8-6-5-7-9-20)35(57)41-22(11-13-28(48)49)33(55)44-26(17-30(52)53)37(59)46-31(19(3)4)38(60)61/h5-9,18-19,21-26,31H,10-17,39H2,1-4H3,(H2,40,47)(H,41,57)(H,42,54)(H,43,58)(H,44,55)(H,45,56)(H,46,59)(H,48,49)(H,50,51)(H,52,53)(H,60,61)/t21-,22-,23-,24-,25-,26-,31-/m0/s1. The normalized spacial score (nSPS) is 14.4. The zero-order valence-electron chi connectivity index (χ0n) is 34.2. The van der Waals surface area contributed by atoms with Crippen molar-refractivity contribution in [3.8, 4) is 0 Å². The number of primary amides is 1. The largest absolute Gasteiger partial charge is 0.481 e. The van der Waals surface area contributed by atoms with Crippen molar-refractivity contribution in [3.05, 3.63) is 35.9 Å². The van der Waals surface area contributed by atoms with Gasteiger partial charge in [0.1, 0.15) is 36.3 Å². The molecule has 0 aromatic heterocycles. The molecule has 0 saturated carbocycles. The number of nitrogens with two attached hydrogens (primary N) is 2. The van der Waals surface area contributed by atoms with Crippen molar-refractivity contribution in [2.45, 2.75) is 121 Å². The summed E-state index contributed by atoms with van der Waals surface area (Å²) in [6.45, 7) is 6.34. The van der Waals surface area contributed by atoms with Crippen LogP contribution in [0.2, 0.25) is 0 Å². The van der Waals surface area contributed by atoms with E-state index in [1.165, 1.54) is 13.8 Å². The quantitative estimate of drug-likeness (QED) is 0.0409. The average Bonchev–Trinajstić information content (AvgIpc) is 3.15. The summed E-state index contributed by atoms with van der Waals surface area (Å²) in [7, 11) is 0. The molecule has 0 heterocycles. The molecule has 0 aliphatic heterocycles. The molecule has 0 unspecified atom stereocenters. The smallest absolute Gasteiger partial charge is 0.326 e. The molecule has 0 saturated heterocycles. The molecular weight excluding hydrogens is 808 g/mol. The average molecular weight is 865 g/mol. The Hall–Kier alpha value is -6.65. The van der Waals surface area contributed by atoms with Crippen molar-refractivity contribution >= 4 is 65.2 Å². The van der Waals surface area contributed by atoms with Crippen LogP contribution in [0.3, 0.4) is 0 Å². The Morgan fingerprint density at radius 1 is 0.541 bits per heavy atom. The molecule has 7 amide bonds. The molecule has 0 aliphatic rings. The second-order valence-corrected chi connectivity index (χ2v) is 14.9. The van der Waals surface area contributed by atoms with Crippen LogP contribution in [0.25, 0.3) is 0 Å². The minimum Gasteiger partial charge on any atom is -0.481 e. The van der Waals surface area contributed by atoms with Crippen LogP contribution >= 0.6 is 0 Å². The Balaban J connectivity index is 3.50. The molecule has 338 valence electrons. The van der Waals surface area contributed by atoms with Crippen molar-refractivity contribution in [1.29, 1.82) is 0 Å². The zero-order valence-corrected chi connectivity index (χ0v) is 34.2. The maximum atomic E-state index is 13.9. The van der Waals surface area contributed by atoms with E-state index < -0.39 is 139 Å². The van der Waals surface area contributed by atoms with Crippen LogP contribution in [0.1, 0.15) is 78.2 Å². The highest BCUT2D eigenvalue weighted by molar-refractivity contribution is 5.98. The first-order chi connectivity index (χ1) is 28.4. The van der Waals surface area contributed by atoms with Crippen molar-refractivity contribution in [1.82, 2.24) is 31.9 Å². The van der Waals surface area contributed by atoms with Crippen LogP contribution in [0.5, 0.6) is 0 Å². The first-order valence-corrected chi connectivity index (χ1v) is 19.2. The highest BCUT2D eigenvalue weighted by Crippen LogP contribution is 2.11. The van der Waals surface area contributed by atoms with Gasteiger partial charge in [-0.2, -0.15) is 0 Å². The summed E-state index contributed by atoms with van der Waals surface area (Å²) >= 11 is 0. The molecule has 1 aromatic rings.